The van der Waals surface area contributed by atoms with E-state index in [4.69, 9.17) is 0 Å². The number of carbonyl (C=O) groups excluding carboxylic acids is 1. The molecule has 1 fully saturated rings. The zero-order chi connectivity index (χ0) is 16.6. The van der Waals surface area contributed by atoms with Crippen LogP contribution in [0.3, 0.4) is 0 Å². The Morgan fingerprint density at radius 3 is 2.91 bits per heavy atom. The Morgan fingerprint density at radius 2 is 2.17 bits per heavy atom. The first-order valence-corrected chi connectivity index (χ1v) is 8.28. The standard InChI is InChI=1S/C17H25N5O/c1-11-8-12(2)22-16(19-11)15(13(3)20-22)17(23)21-7-5-6-14(10-21)9-18-4/h8,14,18H,5-7,9-10H2,1-4H3. The summed E-state index contributed by atoms with van der Waals surface area (Å²) in [5, 5.41) is 7.74. The van der Waals surface area contributed by atoms with Crippen LogP contribution in [0.1, 0.15) is 40.3 Å². The van der Waals surface area contributed by atoms with Gasteiger partial charge in [-0.25, -0.2) is 9.50 Å². The van der Waals surface area contributed by atoms with Crippen molar-refractivity contribution in [1.82, 2.24) is 24.8 Å². The van der Waals surface area contributed by atoms with E-state index in [1.807, 2.05) is 38.8 Å². The number of likely N-dealkylation sites (tertiary alicyclic amines) is 1. The second-order valence-corrected chi connectivity index (χ2v) is 6.55. The number of rotatable bonds is 3. The van der Waals surface area contributed by atoms with Crippen LogP contribution in [0.25, 0.3) is 5.65 Å². The van der Waals surface area contributed by atoms with E-state index in [1.54, 1.807) is 4.52 Å². The quantitative estimate of drug-likeness (QED) is 0.937. The summed E-state index contributed by atoms with van der Waals surface area (Å²) >= 11 is 0. The molecule has 124 valence electrons. The first-order valence-electron chi connectivity index (χ1n) is 8.28. The molecule has 1 saturated heterocycles. The molecule has 0 spiro atoms. The Morgan fingerprint density at radius 1 is 1.39 bits per heavy atom. The predicted molar refractivity (Wildman–Crippen MR) is 89.8 cm³/mol. The highest BCUT2D eigenvalue weighted by Gasteiger charge is 2.28. The zero-order valence-corrected chi connectivity index (χ0v) is 14.4. The van der Waals surface area contributed by atoms with E-state index in [1.165, 1.54) is 6.42 Å². The molecule has 2 aromatic rings. The molecule has 0 aliphatic carbocycles. The fraction of sp³-hybridized carbons (Fsp3) is 0.588. The molecule has 2 aromatic heterocycles. The summed E-state index contributed by atoms with van der Waals surface area (Å²) < 4.78 is 1.78. The van der Waals surface area contributed by atoms with Crippen molar-refractivity contribution < 1.29 is 4.79 Å². The molecule has 1 unspecified atom stereocenters. The lowest BCUT2D eigenvalue weighted by Crippen LogP contribution is -2.42. The number of nitrogens with zero attached hydrogens (tertiary/aromatic N) is 4. The van der Waals surface area contributed by atoms with Crippen molar-refractivity contribution in [2.75, 3.05) is 26.7 Å². The monoisotopic (exact) mass is 315 g/mol. The molecule has 1 N–H and O–H groups in total. The summed E-state index contributed by atoms with van der Waals surface area (Å²) in [6.45, 7) is 8.42. The number of hydrogen-bond donors (Lipinski definition) is 1. The molecule has 1 aliphatic heterocycles. The molecule has 0 radical (unpaired) electrons. The number of aryl methyl sites for hydroxylation is 3. The highest BCUT2D eigenvalue weighted by Crippen LogP contribution is 2.22. The van der Waals surface area contributed by atoms with E-state index in [2.05, 4.69) is 15.4 Å². The number of fused-ring (bicyclic) bond motifs is 1. The van der Waals surface area contributed by atoms with Gasteiger partial charge in [0.25, 0.3) is 5.91 Å². The summed E-state index contributed by atoms with van der Waals surface area (Å²) in [7, 11) is 1.96. The first-order chi connectivity index (χ1) is 11.0. The second kappa shape index (κ2) is 6.28. The summed E-state index contributed by atoms with van der Waals surface area (Å²) in [4.78, 5) is 19.6. The summed E-state index contributed by atoms with van der Waals surface area (Å²) in [6, 6.07) is 1.98. The van der Waals surface area contributed by atoms with Crippen molar-refractivity contribution in [2.24, 2.45) is 5.92 Å². The first kappa shape index (κ1) is 15.9. The Balaban J connectivity index is 1.96. The Labute approximate surface area is 136 Å². The smallest absolute Gasteiger partial charge is 0.259 e. The van der Waals surface area contributed by atoms with Gasteiger partial charge in [-0.3, -0.25) is 4.79 Å². The topological polar surface area (TPSA) is 62.5 Å². The van der Waals surface area contributed by atoms with Gasteiger partial charge in [0, 0.05) is 24.5 Å². The molecule has 6 heteroatoms. The van der Waals surface area contributed by atoms with Gasteiger partial charge in [0.05, 0.1) is 5.69 Å². The van der Waals surface area contributed by atoms with Crippen LogP contribution in [-0.2, 0) is 0 Å². The van der Waals surface area contributed by atoms with Crippen molar-refractivity contribution in [3.05, 3.63) is 28.7 Å². The van der Waals surface area contributed by atoms with Crippen LogP contribution in [0, 0.1) is 26.7 Å². The summed E-state index contributed by atoms with van der Waals surface area (Å²) in [6.07, 6.45) is 2.23. The van der Waals surface area contributed by atoms with E-state index >= 15 is 0 Å². The molecular weight excluding hydrogens is 290 g/mol. The Hall–Kier alpha value is -1.95. The number of carbonyl (C=O) groups is 1. The lowest BCUT2D eigenvalue weighted by atomic mass is 9.97. The molecule has 1 amide bonds. The second-order valence-electron chi connectivity index (χ2n) is 6.55. The number of nitrogens with one attached hydrogen (secondary N) is 1. The highest BCUT2D eigenvalue weighted by molar-refractivity contribution is 6.01. The number of piperidine rings is 1. The Bertz CT molecular complexity index is 734. The van der Waals surface area contributed by atoms with E-state index < -0.39 is 0 Å². The van der Waals surface area contributed by atoms with Gasteiger partial charge in [0.1, 0.15) is 5.56 Å². The largest absolute Gasteiger partial charge is 0.338 e. The van der Waals surface area contributed by atoms with Crippen molar-refractivity contribution >= 4 is 11.6 Å². The molecule has 23 heavy (non-hydrogen) atoms. The van der Waals surface area contributed by atoms with Crippen LogP contribution in [0.15, 0.2) is 6.07 Å². The maximum atomic E-state index is 13.1. The van der Waals surface area contributed by atoms with Crippen LogP contribution in [0.4, 0.5) is 0 Å². The third-order valence-electron chi connectivity index (χ3n) is 4.58. The molecule has 3 rings (SSSR count). The summed E-state index contributed by atoms with van der Waals surface area (Å²) in [5.74, 6) is 0.590. The molecule has 1 aliphatic rings. The van der Waals surface area contributed by atoms with Gasteiger partial charge >= 0.3 is 0 Å². The minimum absolute atomic E-state index is 0.0656. The lowest BCUT2D eigenvalue weighted by molar-refractivity contribution is 0.0675. The fourth-order valence-electron chi connectivity index (χ4n) is 3.54. The minimum Gasteiger partial charge on any atom is -0.338 e. The van der Waals surface area contributed by atoms with E-state index in [9.17, 15) is 4.79 Å². The molecule has 3 heterocycles. The molecular formula is C17H25N5O. The Kier molecular flexibility index (Phi) is 4.35. The molecule has 6 nitrogen and oxygen atoms in total. The van der Waals surface area contributed by atoms with Crippen molar-refractivity contribution in [3.63, 3.8) is 0 Å². The van der Waals surface area contributed by atoms with E-state index in [0.717, 1.165) is 43.1 Å². The van der Waals surface area contributed by atoms with Gasteiger partial charge in [0.15, 0.2) is 5.65 Å². The third-order valence-corrected chi connectivity index (χ3v) is 4.58. The van der Waals surface area contributed by atoms with Crippen LogP contribution in [0.5, 0.6) is 0 Å². The molecule has 1 atom stereocenters. The predicted octanol–water partition coefficient (Wildman–Crippen LogP) is 1.73. The average Bonchev–Trinajstić information content (AvgIpc) is 2.84. The van der Waals surface area contributed by atoms with Gasteiger partial charge in [-0.1, -0.05) is 0 Å². The van der Waals surface area contributed by atoms with Crippen LogP contribution < -0.4 is 5.32 Å². The number of aromatic nitrogens is 3. The van der Waals surface area contributed by atoms with Gasteiger partial charge in [-0.15, -0.1) is 0 Å². The maximum absolute atomic E-state index is 13.1. The van der Waals surface area contributed by atoms with Crippen molar-refractivity contribution in [2.45, 2.75) is 33.6 Å². The normalized spacial score (nSPS) is 18.6. The molecule has 0 aromatic carbocycles. The highest BCUT2D eigenvalue weighted by atomic mass is 16.2. The van der Waals surface area contributed by atoms with Crippen molar-refractivity contribution in [1.29, 1.82) is 0 Å². The fourth-order valence-corrected chi connectivity index (χ4v) is 3.54. The van der Waals surface area contributed by atoms with Gasteiger partial charge in [-0.2, -0.15) is 5.10 Å². The van der Waals surface area contributed by atoms with Gasteiger partial charge in [-0.05, 0) is 59.2 Å². The average molecular weight is 315 g/mol. The van der Waals surface area contributed by atoms with Gasteiger partial charge < -0.3 is 10.2 Å². The van der Waals surface area contributed by atoms with Crippen LogP contribution >= 0.6 is 0 Å². The number of hydrogen-bond acceptors (Lipinski definition) is 4. The minimum atomic E-state index is 0.0656. The number of amides is 1. The van der Waals surface area contributed by atoms with Crippen molar-refractivity contribution in [3.8, 4) is 0 Å². The zero-order valence-electron chi connectivity index (χ0n) is 14.4. The SMILES string of the molecule is CNCC1CCCN(C(=O)c2c(C)nn3c(C)cc(C)nc23)C1. The molecule has 0 saturated carbocycles. The maximum Gasteiger partial charge on any atom is 0.259 e. The van der Waals surface area contributed by atoms with Crippen LogP contribution in [-0.4, -0.2) is 52.1 Å². The van der Waals surface area contributed by atoms with Gasteiger partial charge in [0.2, 0.25) is 0 Å². The third kappa shape index (κ3) is 2.95. The van der Waals surface area contributed by atoms with E-state index in [-0.39, 0.29) is 5.91 Å². The van der Waals surface area contributed by atoms with Crippen LogP contribution in [0.2, 0.25) is 0 Å². The van der Waals surface area contributed by atoms with E-state index in [0.29, 0.717) is 17.1 Å². The lowest BCUT2D eigenvalue weighted by Gasteiger charge is -2.32. The summed E-state index contributed by atoms with van der Waals surface area (Å²) in [5.41, 5.74) is 4.01. The molecule has 0 bridgehead atoms.